The summed E-state index contributed by atoms with van der Waals surface area (Å²) in [6, 6.07) is 11.6. The first-order valence-corrected chi connectivity index (χ1v) is 12.3. The minimum absolute atomic E-state index is 0.113. The average molecular weight is 458 g/mol. The Kier molecular flexibility index (Phi) is 7.36. The number of nitrogens with one attached hydrogen (secondary N) is 1. The lowest BCUT2D eigenvalue weighted by molar-refractivity contribution is -0.116. The molecule has 0 radical (unpaired) electrons. The highest BCUT2D eigenvalue weighted by Crippen LogP contribution is 2.24. The summed E-state index contributed by atoms with van der Waals surface area (Å²) in [4.78, 5) is 26.7. The van der Waals surface area contributed by atoms with Gasteiger partial charge in [-0.2, -0.15) is 4.31 Å². The predicted molar refractivity (Wildman–Crippen MR) is 125 cm³/mol. The van der Waals surface area contributed by atoms with Crippen LogP contribution in [0.25, 0.3) is 0 Å². The van der Waals surface area contributed by atoms with Crippen molar-refractivity contribution in [3.05, 3.63) is 59.2 Å². The third kappa shape index (κ3) is 5.37. The van der Waals surface area contributed by atoms with Gasteiger partial charge in [0.2, 0.25) is 15.9 Å². The van der Waals surface area contributed by atoms with Gasteiger partial charge < -0.3 is 10.2 Å². The molecule has 0 aromatic heterocycles. The molecule has 1 fully saturated rings. The van der Waals surface area contributed by atoms with E-state index < -0.39 is 10.0 Å². The van der Waals surface area contributed by atoms with Crippen LogP contribution in [0.4, 0.5) is 5.69 Å². The third-order valence-electron chi connectivity index (χ3n) is 5.96. The largest absolute Gasteiger partial charge is 0.332 e. The maximum atomic E-state index is 12.9. The van der Waals surface area contributed by atoms with Crippen molar-refractivity contribution >= 4 is 27.5 Å². The maximum Gasteiger partial charge on any atom is 0.254 e. The molecule has 1 aliphatic rings. The molecular formula is C24H31N3O4S. The molecule has 2 aromatic rings. The van der Waals surface area contributed by atoms with Crippen LogP contribution in [0.15, 0.2) is 47.4 Å². The van der Waals surface area contributed by atoms with E-state index in [0.717, 1.165) is 29.7 Å². The van der Waals surface area contributed by atoms with Gasteiger partial charge in [-0.15, -0.1) is 0 Å². The van der Waals surface area contributed by atoms with Gasteiger partial charge in [-0.3, -0.25) is 9.59 Å². The van der Waals surface area contributed by atoms with Crippen LogP contribution >= 0.6 is 0 Å². The number of amides is 2. The monoisotopic (exact) mass is 457 g/mol. The van der Waals surface area contributed by atoms with Crippen molar-refractivity contribution in [2.24, 2.45) is 5.92 Å². The van der Waals surface area contributed by atoms with E-state index in [-0.39, 0.29) is 23.3 Å². The van der Waals surface area contributed by atoms with Gasteiger partial charge in [-0.1, -0.05) is 19.1 Å². The van der Waals surface area contributed by atoms with Gasteiger partial charge in [0.25, 0.3) is 5.91 Å². The number of aryl methyl sites for hydroxylation is 1. The first kappa shape index (κ1) is 23.9. The lowest BCUT2D eigenvalue weighted by Gasteiger charge is -2.30. The minimum atomic E-state index is -3.57. The molecule has 1 N–H and O–H groups in total. The van der Waals surface area contributed by atoms with Gasteiger partial charge in [0.05, 0.1) is 11.4 Å². The number of hydrogen-bond donors (Lipinski definition) is 1. The zero-order valence-corrected chi connectivity index (χ0v) is 19.9. The summed E-state index contributed by atoms with van der Waals surface area (Å²) in [5, 5.41) is 2.84. The van der Waals surface area contributed by atoms with E-state index in [2.05, 4.69) is 12.2 Å². The summed E-state index contributed by atoms with van der Waals surface area (Å²) in [7, 11) is -2.03. The van der Waals surface area contributed by atoms with Crippen LogP contribution in [0.2, 0.25) is 0 Å². The van der Waals surface area contributed by atoms with Gasteiger partial charge in [0.1, 0.15) is 0 Å². The van der Waals surface area contributed by atoms with Gasteiger partial charge in [-0.25, -0.2) is 8.42 Å². The number of hydrogen-bond acceptors (Lipinski definition) is 4. The van der Waals surface area contributed by atoms with Crippen molar-refractivity contribution in [1.29, 1.82) is 0 Å². The molecule has 1 saturated heterocycles. The number of carbonyl (C=O) groups is 2. The van der Waals surface area contributed by atoms with Crippen molar-refractivity contribution < 1.29 is 18.0 Å². The van der Waals surface area contributed by atoms with Gasteiger partial charge in [0, 0.05) is 31.4 Å². The fraction of sp³-hybridized carbons (Fsp3) is 0.417. The summed E-state index contributed by atoms with van der Waals surface area (Å²) in [6.45, 7) is 6.87. The Labute approximate surface area is 190 Å². The number of piperidine rings is 1. The fourth-order valence-corrected chi connectivity index (χ4v) is 5.47. The molecule has 2 aromatic carbocycles. The number of anilines is 1. The van der Waals surface area contributed by atoms with E-state index in [0.29, 0.717) is 24.6 Å². The molecule has 32 heavy (non-hydrogen) atoms. The van der Waals surface area contributed by atoms with Crippen molar-refractivity contribution in [1.82, 2.24) is 9.21 Å². The van der Waals surface area contributed by atoms with E-state index in [1.54, 1.807) is 7.05 Å². The lowest BCUT2D eigenvalue weighted by Crippen LogP contribution is -2.39. The first-order valence-electron chi connectivity index (χ1n) is 10.8. The number of benzene rings is 2. The number of rotatable bonds is 6. The average Bonchev–Trinajstić information content (AvgIpc) is 2.76. The molecule has 8 heteroatoms. The Morgan fingerprint density at radius 1 is 1.12 bits per heavy atom. The van der Waals surface area contributed by atoms with E-state index in [1.165, 1.54) is 33.5 Å². The normalized spacial score (nSPS) is 17.1. The molecule has 0 spiro atoms. The fourth-order valence-electron chi connectivity index (χ4n) is 3.87. The molecule has 7 nitrogen and oxygen atoms in total. The van der Waals surface area contributed by atoms with Crippen molar-refractivity contribution in [3.8, 4) is 0 Å². The van der Waals surface area contributed by atoms with Crippen molar-refractivity contribution in [2.75, 3.05) is 32.0 Å². The van der Waals surface area contributed by atoms with Crippen LogP contribution < -0.4 is 5.32 Å². The number of sulfonamides is 1. The highest BCUT2D eigenvalue weighted by Gasteiger charge is 2.28. The molecule has 0 aliphatic carbocycles. The standard InChI is InChI=1S/C24H31N3O4S/c1-17-7-6-14-27(15-17)32(30,31)21-12-10-20(11-13-21)24(29)26(4)16-23(28)25-22-9-5-8-18(2)19(22)3/h5,8-13,17H,6-7,14-16H2,1-4H3,(H,25,28)/t17-/m0/s1. The van der Waals surface area contributed by atoms with Crippen LogP contribution in [0, 0.1) is 19.8 Å². The molecule has 0 saturated carbocycles. The molecule has 1 heterocycles. The van der Waals surface area contributed by atoms with Crippen molar-refractivity contribution in [2.45, 2.75) is 38.5 Å². The summed E-state index contributed by atoms with van der Waals surface area (Å²) >= 11 is 0. The van der Waals surface area contributed by atoms with Gasteiger partial charge >= 0.3 is 0 Å². The number of likely N-dealkylation sites (N-methyl/N-ethyl adjacent to an activating group) is 1. The second kappa shape index (κ2) is 9.83. The van der Waals surface area contributed by atoms with Gasteiger partial charge in [0.15, 0.2) is 0 Å². The minimum Gasteiger partial charge on any atom is -0.332 e. The molecular weight excluding hydrogens is 426 g/mol. The Morgan fingerprint density at radius 2 is 1.81 bits per heavy atom. The maximum absolute atomic E-state index is 12.9. The molecule has 1 aliphatic heterocycles. The smallest absolute Gasteiger partial charge is 0.254 e. The van der Waals surface area contributed by atoms with Crippen LogP contribution in [0.5, 0.6) is 0 Å². The number of carbonyl (C=O) groups excluding carboxylic acids is 2. The van der Waals surface area contributed by atoms with Gasteiger partial charge in [-0.05, 0) is 74.1 Å². The summed E-state index contributed by atoms with van der Waals surface area (Å²) in [5.41, 5.74) is 3.10. The van der Waals surface area contributed by atoms with Crippen molar-refractivity contribution in [3.63, 3.8) is 0 Å². The SMILES string of the molecule is Cc1cccc(NC(=O)CN(C)C(=O)c2ccc(S(=O)(=O)N3CCC[C@H](C)C3)cc2)c1C. The zero-order valence-electron chi connectivity index (χ0n) is 19.1. The quantitative estimate of drug-likeness (QED) is 0.720. The topological polar surface area (TPSA) is 86.8 Å². The molecule has 0 unspecified atom stereocenters. The molecule has 2 amide bonds. The second-order valence-corrected chi connectivity index (χ2v) is 10.5. The predicted octanol–water partition coefficient (Wildman–Crippen LogP) is 3.43. The highest BCUT2D eigenvalue weighted by molar-refractivity contribution is 7.89. The Balaban J connectivity index is 1.64. The summed E-state index contributed by atoms with van der Waals surface area (Å²) in [5.74, 6) is -0.313. The highest BCUT2D eigenvalue weighted by atomic mass is 32.2. The van der Waals surface area contributed by atoms with E-state index in [1.807, 2.05) is 32.0 Å². The van der Waals surface area contributed by atoms with E-state index in [4.69, 9.17) is 0 Å². The van der Waals surface area contributed by atoms with E-state index in [9.17, 15) is 18.0 Å². The first-order chi connectivity index (χ1) is 15.1. The number of nitrogens with zero attached hydrogens (tertiary/aromatic N) is 2. The molecule has 1 atom stereocenters. The summed E-state index contributed by atoms with van der Waals surface area (Å²) in [6.07, 6.45) is 1.88. The lowest BCUT2D eigenvalue weighted by atomic mass is 10.0. The van der Waals surface area contributed by atoms with Crippen LogP contribution in [-0.2, 0) is 14.8 Å². The third-order valence-corrected chi connectivity index (χ3v) is 7.84. The molecule has 172 valence electrons. The Bertz CT molecular complexity index is 1100. The van der Waals surface area contributed by atoms with Crippen LogP contribution in [0.3, 0.4) is 0 Å². The Hall–Kier alpha value is -2.71. The summed E-state index contributed by atoms with van der Waals surface area (Å²) < 4.78 is 27.3. The van der Waals surface area contributed by atoms with Crippen LogP contribution in [0.1, 0.15) is 41.3 Å². The zero-order chi connectivity index (χ0) is 23.5. The molecule has 0 bridgehead atoms. The second-order valence-electron chi connectivity index (χ2n) is 8.59. The van der Waals surface area contributed by atoms with E-state index >= 15 is 0 Å². The van der Waals surface area contributed by atoms with Crippen LogP contribution in [-0.4, -0.2) is 56.1 Å². The Morgan fingerprint density at radius 3 is 2.47 bits per heavy atom. The molecule has 3 rings (SSSR count).